The van der Waals surface area contributed by atoms with Crippen molar-refractivity contribution in [3.63, 3.8) is 0 Å². The number of aliphatic hydroxyl groups excluding tert-OH is 1. The summed E-state index contributed by atoms with van der Waals surface area (Å²) < 4.78 is 4.83. The molecule has 1 rings (SSSR count). The second kappa shape index (κ2) is 6.05. The molecule has 82 valence electrons. The summed E-state index contributed by atoms with van der Waals surface area (Å²) in [5, 5.41) is 11.5. The number of aliphatic hydroxyl groups is 1. The number of carbonyl (C=O) groups is 1. The van der Waals surface area contributed by atoms with Crippen LogP contribution in [0.2, 0.25) is 0 Å². The molecular formula is C9H13N3O3. The highest BCUT2D eigenvalue weighted by Gasteiger charge is 2.12. The molecule has 1 aromatic heterocycles. The highest BCUT2D eigenvalue weighted by molar-refractivity contribution is 5.93. The molecule has 0 aliphatic rings. The van der Waals surface area contributed by atoms with Crippen LogP contribution in [0.25, 0.3) is 0 Å². The lowest BCUT2D eigenvalue weighted by Crippen LogP contribution is -2.40. The van der Waals surface area contributed by atoms with Gasteiger partial charge in [0.1, 0.15) is 6.33 Å². The van der Waals surface area contributed by atoms with E-state index in [1.807, 2.05) is 0 Å². The number of aromatic nitrogens is 2. The molecule has 0 aliphatic heterocycles. The maximum atomic E-state index is 11.5. The van der Waals surface area contributed by atoms with Gasteiger partial charge in [0.15, 0.2) is 0 Å². The van der Waals surface area contributed by atoms with Crippen molar-refractivity contribution in [2.75, 3.05) is 20.3 Å². The summed E-state index contributed by atoms with van der Waals surface area (Å²) in [6, 6.07) is -0.414. The number of methoxy groups -OCH3 is 1. The van der Waals surface area contributed by atoms with E-state index in [-0.39, 0.29) is 19.1 Å². The molecule has 0 saturated carbocycles. The lowest BCUT2D eigenvalue weighted by molar-refractivity contribution is 0.0839. The SMILES string of the molecule is COCC(CO)NC(=O)c1cncnc1. The number of nitrogens with zero attached hydrogens (tertiary/aromatic N) is 2. The van der Waals surface area contributed by atoms with Crippen LogP contribution >= 0.6 is 0 Å². The Morgan fingerprint density at radius 3 is 2.80 bits per heavy atom. The van der Waals surface area contributed by atoms with Gasteiger partial charge in [-0.2, -0.15) is 0 Å². The Labute approximate surface area is 87.3 Å². The second-order valence-electron chi connectivity index (χ2n) is 2.94. The molecule has 6 nitrogen and oxygen atoms in total. The molecule has 0 bridgehead atoms. The summed E-state index contributed by atoms with van der Waals surface area (Å²) in [7, 11) is 1.50. The number of amides is 1. The molecule has 0 radical (unpaired) electrons. The van der Waals surface area contributed by atoms with Gasteiger partial charge in [0, 0.05) is 19.5 Å². The zero-order valence-corrected chi connectivity index (χ0v) is 8.38. The highest BCUT2D eigenvalue weighted by atomic mass is 16.5. The first kappa shape index (κ1) is 11.5. The largest absolute Gasteiger partial charge is 0.394 e. The summed E-state index contributed by atoms with van der Waals surface area (Å²) in [4.78, 5) is 19.0. The average molecular weight is 211 g/mol. The predicted octanol–water partition coefficient (Wildman–Crippen LogP) is -0.786. The number of hydrogen-bond donors (Lipinski definition) is 2. The smallest absolute Gasteiger partial charge is 0.254 e. The molecule has 0 fully saturated rings. The standard InChI is InChI=1S/C9H13N3O3/c1-15-5-8(4-13)12-9(14)7-2-10-6-11-3-7/h2-3,6,8,13H,4-5H2,1H3,(H,12,14). The number of ether oxygens (including phenoxy) is 1. The first-order valence-electron chi connectivity index (χ1n) is 4.43. The molecule has 1 amide bonds. The molecule has 0 aliphatic carbocycles. The van der Waals surface area contributed by atoms with Gasteiger partial charge in [-0.05, 0) is 0 Å². The van der Waals surface area contributed by atoms with Gasteiger partial charge in [-0.25, -0.2) is 9.97 Å². The van der Waals surface area contributed by atoms with E-state index in [1.165, 1.54) is 25.8 Å². The van der Waals surface area contributed by atoms with Crippen molar-refractivity contribution in [1.82, 2.24) is 15.3 Å². The third-order valence-corrected chi connectivity index (χ3v) is 1.75. The minimum absolute atomic E-state index is 0.173. The second-order valence-corrected chi connectivity index (χ2v) is 2.94. The van der Waals surface area contributed by atoms with E-state index < -0.39 is 6.04 Å². The Hall–Kier alpha value is -1.53. The molecule has 1 unspecified atom stereocenters. The monoisotopic (exact) mass is 211 g/mol. The van der Waals surface area contributed by atoms with Gasteiger partial charge in [-0.3, -0.25) is 4.79 Å². The van der Waals surface area contributed by atoms with E-state index in [4.69, 9.17) is 9.84 Å². The van der Waals surface area contributed by atoms with Gasteiger partial charge in [-0.1, -0.05) is 0 Å². The lowest BCUT2D eigenvalue weighted by Gasteiger charge is -2.14. The van der Waals surface area contributed by atoms with E-state index in [1.54, 1.807) is 0 Å². The minimum Gasteiger partial charge on any atom is -0.394 e. The Bertz CT molecular complexity index is 305. The topological polar surface area (TPSA) is 84.3 Å². The maximum absolute atomic E-state index is 11.5. The maximum Gasteiger partial charge on any atom is 0.254 e. The molecule has 15 heavy (non-hydrogen) atoms. The molecule has 2 N–H and O–H groups in total. The van der Waals surface area contributed by atoms with Crippen molar-refractivity contribution < 1.29 is 14.6 Å². The van der Waals surface area contributed by atoms with Crippen LogP contribution in [0.1, 0.15) is 10.4 Å². The number of nitrogens with one attached hydrogen (secondary N) is 1. The summed E-state index contributed by atoms with van der Waals surface area (Å²) in [6.07, 6.45) is 4.16. The fourth-order valence-electron chi connectivity index (χ4n) is 1.03. The Balaban J connectivity index is 2.55. The third kappa shape index (κ3) is 3.61. The summed E-state index contributed by atoms with van der Waals surface area (Å²) >= 11 is 0. The summed E-state index contributed by atoms with van der Waals surface area (Å²) in [6.45, 7) is 0.0865. The van der Waals surface area contributed by atoms with Crippen molar-refractivity contribution in [3.8, 4) is 0 Å². The van der Waals surface area contributed by atoms with Gasteiger partial charge < -0.3 is 15.2 Å². The Morgan fingerprint density at radius 1 is 1.60 bits per heavy atom. The van der Waals surface area contributed by atoms with E-state index >= 15 is 0 Å². The van der Waals surface area contributed by atoms with Gasteiger partial charge >= 0.3 is 0 Å². The molecule has 0 saturated heterocycles. The number of hydrogen-bond acceptors (Lipinski definition) is 5. The van der Waals surface area contributed by atoms with Crippen molar-refractivity contribution in [1.29, 1.82) is 0 Å². The van der Waals surface area contributed by atoms with Crippen LogP contribution in [-0.4, -0.2) is 47.3 Å². The van der Waals surface area contributed by atoms with Crippen LogP contribution in [0.4, 0.5) is 0 Å². The normalized spacial score (nSPS) is 12.1. The van der Waals surface area contributed by atoms with Crippen LogP contribution in [0.5, 0.6) is 0 Å². The van der Waals surface area contributed by atoms with Crippen molar-refractivity contribution in [3.05, 3.63) is 24.3 Å². The van der Waals surface area contributed by atoms with Gasteiger partial charge in [0.25, 0.3) is 5.91 Å². The molecule has 0 spiro atoms. The van der Waals surface area contributed by atoms with Gasteiger partial charge in [0.05, 0.1) is 24.8 Å². The Kier molecular flexibility index (Phi) is 4.65. The zero-order chi connectivity index (χ0) is 11.1. The zero-order valence-electron chi connectivity index (χ0n) is 8.38. The number of carbonyl (C=O) groups excluding carboxylic acids is 1. The Morgan fingerprint density at radius 2 is 2.27 bits per heavy atom. The summed E-state index contributed by atoms with van der Waals surface area (Å²) in [5.41, 5.74) is 0.354. The molecule has 0 aromatic carbocycles. The average Bonchev–Trinajstić information content (AvgIpc) is 2.29. The van der Waals surface area contributed by atoms with Crippen molar-refractivity contribution in [2.45, 2.75) is 6.04 Å². The van der Waals surface area contributed by atoms with E-state index in [0.717, 1.165) is 0 Å². The fraction of sp³-hybridized carbons (Fsp3) is 0.444. The minimum atomic E-state index is -0.414. The molecule has 1 aromatic rings. The number of rotatable bonds is 5. The van der Waals surface area contributed by atoms with Crippen LogP contribution in [0.15, 0.2) is 18.7 Å². The van der Waals surface area contributed by atoms with Crippen LogP contribution < -0.4 is 5.32 Å². The first-order valence-corrected chi connectivity index (χ1v) is 4.43. The fourth-order valence-corrected chi connectivity index (χ4v) is 1.03. The molecular weight excluding hydrogens is 198 g/mol. The van der Waals surface area contributed by atoms with Crippen LogP contribution in [0, 0.1) is 0 Å². The quantitative estimate of drug-likeness (QED) is 0.667. The van der Waals surface area contributed by atoms with Gasteiger partial charge in [-0.15, -0.1) is 0 Å². The van der Waals surface area contributed by atoms with Crippen LogP contribution in [-0.2, 0) is 4.74 Å². The van der Waals surface area contributed by atoms with E-state index in [9.17, 15) is 4.79 Å². The predicted molar refractivity (Wildman–Crippen MR) is 52.2 cm³/mol. The van der Waals surface area contributed by atoms with Crippen molar-refractivity contribution in [2.24, 2.45) is 0 Å². The molecule has 1 atom stereocenters. The van der Waals surface area contributed by atoms with E-state index in [2.05, 4.69) is 15.3 Å². The third-order valence-electron chi connectivity index (χ3n) is 1.75. The molecule has 1 heterocycles. The highest BCUT2D eigenvalue weighted by Crippen LogP contribution is 1.94. The first-order chi connectivity index (χ1) is 7.27. The van der Waals surface area contributed by atoms with Crippen molar-refractivity contribution >= 4 is 5.91 Å². The lowest BCUT2D eigenvalue weighted by atomic mass is 10.2. The summed E-state index contributed by atoms with van der Waals surface area (Å²) in [5.74, 6) is -0.327. The van der Waals surface area contributed by atoms with Crippen LogP contribution in [0.3, 0.4) is 0 Å². The molecule has 6 heteroatoms. The van der Waals surface area contributed by atoms with Gasteiger partial charge in [0.2, 0.25) is 0 Å². The van der Waals surface area contributed by atoms with E-state index in [0.29, 0.717) is 5.56 Å².